The predicted octanol–water partition coefficient (Wildman–Crippen LogP) is 5.06. The normalized spacial score (nSPS) is 10.8. The van der Waals surface area contributed by atoms with Crippen LogP contribution < -0.4 is 10.1 Å². The second kappa shape index (κ2) is 11.6. The first kappa shape index (κ1) is 18.0. The lowest BCUT2D eigenvalue weighted by molar-refractivity contribution is 0.383. The first-order chi connectivity index (χ1) is 10.3. The summed E-state index contributed by atoms with van der Waals surface area (Å²) < 4.78 is 18.9. The van der Waals surface area contributed by atoms with Gasteiger partial charge in [0.05, 0.1) is 7.11 Å². The molecule has 2 nitrogen and oxygen atoms in total. The summed E-state index contributed by atoms with van der Waals surface area (Å²) >= 11 is 0. The first-order valence-corrected chi connectivity index (χ1v) is 8.31. The largest absolute Gasteiger partial charge is 0.494 e. The molecule has 1 aromatic rings. The van der Waals surface area contributed by atoms with Crippen molar-refractivity contribution in [1.82, 2.24) is 5.32 Å². The zero-order chi connectivity index (χ0) is 15.3. The first-order valence-electron chi connectivity index (χ1n) is 8.31. The SMILES string of the molecule is CCCCCCCCCCNCc1cccc(OC)c1F. The van der Waals surface area contributed by atoms with E-state index in [0.29, 0.717) is 17.9 Å². The summed E-state index contributed by atoms with van der Waals surface area (Å²) in [5.74, 6) is 0.0739. The number of ether oxygens (including phenoxy) is 1. The van der Waals surface area contributed by atoms with Crippen LogP contribution in [0.15, 0.2) is 18.2 Å². The Morgan fingerprint density at radius 2 is 1.67 bits per heavy atom. The van der Waals surface area contributed by atoms with Gasteiger partial charge in [-0.05, 0) is 19.0 Å². The van der Waals surface area contributed by atoms with Gasteiger partial charge in [0.2, 0.25) is 0 Å². The van der Waals surface area contributed by atoms with Gasteiger partial charge in [-0.15, -0.1) is 0 Å². The molecule has 0 saturated carbocycles. The molecule has 0 aliphatic carbocycles. The van der Waals surface area contributed by atoms with Crippen molar-refractivity contribution in [1.29, 1.82) is 0 Å². The van der Waals surface area contributed by atoms with Gasteiger partial charge in [0, 0.05) is 12.1 Å². The van der Waals surface area contributed by atoms with E-state index in [1.54, 1.807) is 12.1 Å². The summed E-state index contributed by atoms with van der Waals surface area (Å²) in [6.07, 6.45) is 10.5. The topological polar surface area (TPSA) is 21.3 Å². The number of hydrogen-bond acceptors (Lipinski definition) is 2. The number of nitrogens with one attached hydrogen (secondary N) is 1. The maximum absolute atomic E-state index is 13.9. The molecule has 1 rings (SSSR count). The molecule has 0 spiro atoms. The fourth-order valence-corrected chi connectivity index (χ4v) is 2.46. The summed E-state index contributed by atoms with van der Waals surface area (Å²) in [7, 11) is 1.50. The van der Waals surface area contributed by atoms with E-state index in [9.17, 15) is 4.39 Å². The summed E-state index contributed by atoms with van der Waals surface area (Å²) in [6, 6.07) is 5.28. The van der Waals surface area contributed by atoms with Gasteiger partial charge in [-0.2, -0.15) is 0 Å². The Labute approximate surface area is 129 Å². The highest BCUT2D eigenvalue weighted by Crippen LogP contribution is 2.19. The molecular weight excluding hydrogens is 265 g/mol. The minimum absolute atomic E-state index is 0.247. The molecule has 0 fully saturated rings. The Morgan fingerprint density at radius 1 is 1.00 bits per heavy atom. The van der Waals surface area contributed by atoms with Crippen LogP contribution in [0.5, 0.6) is 5.75 Å². The maximum Gasteiger partial charge on any atom is 0.169 e. The Hall–Kier alpha value is -1.09. The van der Waals surface area contributed by atoms with E-state index >= 15 is 0 Å². The highest BCUT2D eigenvalue weighted by atomic mass is 19.1. The Kier molecular flexibility index (Phi) is 9.88. The van der Waals surface area contributed by atoms with E-state index < -0.39 is 0 Å². The molecule has 0 bridgehead atoms. The lowest BCUT2D eigenvalue weighted by Gasteiger charge is -2.08. The molecule has 120 valence electrons. The Morgan fingerprint density at radius 3 is 2.33 bits per heavy atom. The lowest BCUT2D eigenvalue weighted by Crippen LogP contribution is -2.15. The van der Waals surface area contributed by atoms with Crippen LogP contribution in [-0.4, -0.2) is 13.7 Å². The molecule has 0 amide bonds. The van der Waals surface area contributed by atoms with Crippen LogP contribution in [0.25, 0.3) is 0 Å². The van der Waals surface area contributed by atoms with Crippen molar-refractivity contribution in [2.45, 2.75) is 64.8 Å². The van der Waals surface area contributed by atoms with E-state index in [1.165, 1.54) is 58.5 Å². The highest BCUT2D eigenvalue weighted by Gasteiger charge is 2.07. The molecule has 0 aromatic heterocycles. The van der Waals surface area contributed by atoms with Crippen LogP contribution >= 0.6 is 0 Å². The van der Waals surface area contributed by atoms with Crippen LogP contribution in [0.4, 0.5) is 4.39 Å². The van der Waals surface area contributed by atoms with Crippen molar-refractivity contribution >= 4 is 0 Å². The molecule has 0 saturated heterocycles. The summed E-state index contributed by atoms with van der Waals surface area (Å²) in [5.41, 5.74) is 0.675. The molecule has 1 N–H and O–H groups in total. The molecule has 0 aliphatic rings. The summed E-state index contributed by atoms with van der Waals surface area (Å²) in [5, 5.41) is 3.31. The average molecular weight is 295 g/mol. The van der Waals surface area contributed by atoms with Crippen LogP contribution in [0, 0.1) is 5.82 Å². The quantitative estimate of drug-likeness (QED) is 0.544. The smallest absolute Gasteiger partial charge is 0.169 e. The van der Waals surface area contributed by atoms with E-state index in [4.69, 9.17) is 4.74 Å². The number of unbranched alkanes of at least 4 members (excludes halogenated alkanes) is 7. The van der Waals surface area contributed by atoms with Gasteiger partial charge in [-0.1, -0.05) is 64.0 Å². The predicted molar refractivity (Wildman–Crippen MR) is 87.3 cm³/mol. The van der Waals surface area contributed by atoms with Gasteiger partial charge in [0.25, 0.3) is 0 Å². The minimum Gasteiger partial charge on any atom is -0.494 e. The number of rotatable bonds is 12. The molecule has 0 unspecified atom stereocenters. The number of benzene rings is 1. The summed E-state index contributed by atoms with van der Waals surface area (Å²) in [6.45, 7) is 3.77. The standard InChI is InChI=1S/C18H30FNO/c1-3-4-5-6-7-8-9-10-14-20-15-16-12-11-13-17(21-2)18(16)19/h11-13,20H,3-10,14-15H2,1-2H3. The molecule has 1 aromatic carbocycles. The second-order valence-corrected chi connectivity index (χ2v) is 5.59. The molecule has 3 heteroatoms. The van der Waals surface area contributed by atoms with Crippen molar-refractivity contribution in [3.8, 4) is 5.75 Å². The zero-order valence-corrected chi connectivity index (χ0v) is 13.6. The molecule has 0 atom stereocenters. The fraction of sp³-hybridized carbons (Fsp3) is 0.667. The molecule has 0 radical (unpaired) electrons. The van der Waals surface area contributed by atoms with Crippen molar-refractivity contribution in [3.63, 3.8) is 0 Å². The van der Waals surface area contributed by atoms with E-state index in [1.807, 2.05) is 6.07 Å². The molecule has 0 heterocycles. The maximum atomic E-state index is 13.9. The van der Waals surface area contributed by atoms with Crippen molar-refractivity contribution < 1.29 is 9.13 Å². The zero-order valence-electron chi connectivity index (χ0n) is 13.6. The van der Waals surface area contributed by atoms with Crippen LogP contribution in [0.3, 0.4) is 0 Å². The third-order valence-corrected chi connectivity index (χ3v) is 3.79. The van der Waals surface area contributed by atoms with Crippen LogP contribution in [-0.2, 0) is 6.54 Å². The third kappa shape index (κ3) is 7.47. The van der Waals surface area contributed by atoms with E-state index in [0.717, 1.165) is 6.54 Å². The highest BCUT2D eigenvalue weighted by molar-refractivity contribution is 5.30. The Balaban J connectivity index is 2.04. The fourth-order valence-electron chi connectivity index (χ4n) is 2.46. The number of methoxy groups -OCH3 is 1. The summed E-state index contributed by atoms with van der Waals surface area (Å²) in [4.78, 5) is 0. The molecule has 0 aliphatic heterocycles. The van der Waals surface area contributed by atoms with Gasteiger partial charge < -0.3 is 10.1 Å². The van der Waals surface area contributed by atoms with Gasteiger partial charge in [0.15, 0.2) is 11.6 Å². The van der Waals surface area contributed by atoms with Crippen LogP contribution in [0.2, 0.25) is 0 Å². The number of halogens is 1. The Bertz CT molecular complexity index is 381. The van der Waals surface area contributed by atoms with Gasteiger partial charge in [-0.3, -0.25) is 0 Å². The third-order valence-electron chi connectivity index (χ3n) is 3.79. The number of hydrogen-bond donors (Lipinski definition) is 1. The van der Waals surface area contributed by atoms with Gasteiger partial charge in [-0.25, -0.2) is 4.39 Å². The van der Waals surface area contributed by atoms with Crippen LogP contribution in [0.1, 0.15) is 63.9 Å². The molecular formula is C18H30FNO. The van der Waals surface area contributed by atoms with Gasteiger partial charge >= 0.3 is 0 Å². The monoisotopic (exact) mass is 295 g/mol. The van der Waals surface area contributed by atoms with E-state index in [2.05, 4.69) is 12.2 Å². The van der Waals surface area contributed by atoms with Crippen molar-refractivity contribution in [2.75, 3.05) is 13.7 Å². The molecule has 21 heavy (non-hydrogen) atoms. The van der Waals surface area contributed by atoms with E-state index in [-0.39, 0.29) is 5.82 Å². The van der Waals surface area contributed by atoms with Gasteiger partial charge in [0.1, 0.15) is 0 Å². The second-order valence-electron chi connectivity index (χ2n) is 5.59. The minimum atomic E-state index is -0.247. The van der Waals surface area contributed by atoms with Crippen molar-refractivity contribution in [3.05, 3.63) is 29.6 Å². The average Bonchev–Trinajstić information content (AvgIpc) is 2.50. The lowest BCUT2D eigenvalue weighted by atomic mass is 10.1. The van der Waals surface area contributed by atoms with Crippen molar-refractivity contribution in [2.24, 2.45) is 0 Å².